The van der Waals surface area contributed by atoms with E-state index in [2.05, 4.69) is 10.6 Å². The summed E-state index contributed by atoms with van der Waals surface area (Å²) in [6.45, 7) is -0.386. The van der Waals surface area contributed by atoms with Crippen molar-refractivity contribution in [3.63, 3.8) is 0 Å². The largest absolute Gasteiger partial charge is 0.366 e. The molecule has 0 bridgehead atoms. The first-order valence-electron chi connectivity index (χ1n) is 7.24. The van der Waals surface area contributed by atoms with Gasteiger partial charge in [0, 0.05) is 0 Å². The molecule has 1 aliphatic carbocycles. The molecule has 9 heteroatoms. The van der Waals surface area contributed by atoms with Crippen molar-refractivity contribution >= 4 is 40.1 Å². The predicted molar refractivity (Wildman–Crippen MR) is 82.9 cm³/mol. The van der Waals surface area contributed by atoms with Crippen LogP contribution in [0.15, 0.2) is 11.4 Å². The van der Waals surface area contributed by atoms with Gasteiger partial charge in [-0.05, 0) is 24.3 Å². The summed E-state index contributed by atoms with van der Waals surface area (Å²) < 4.78 is 0. The van der Waals surface area contributed by atoms with E-state index in [9.17, 15) is 19.2 Å². The van der Waals surface area contributed by atoms with Gasteiger partial charge in [0.05, 0.1) is 5.56 Å². The van der Waals surface area contributed by atoms with Crippen molar-refractivity contribution < 1.29 is 19.2 Å². The van der Waals surface area contributed by atoms with Crippen molar-refractivity contribution in [1.82, 2.24) is 10.2 Å². The number of carbonyl (C=O) groups excluding carboxylic acids is 4. The Morgan fingerprint density at radius 3 is 2.70 bits per heavy atom. The molecule has 2 aliphatic rings. The molecule has 2 heterocycles. The second-order valence-electron chi connectivity index (χ2n) is 5.69. The highest BCUT2D eigenvalue weighted by Crippen LogP contribution is 2.35. The minimum atomic E-state index is -0.835. The molecule has 0 aromatic carbocycles. The number of urea groups is 1. The van der Waals surface area contributed by atoms with E-state index in [1.54, 1.807) is 5.38 Å². The standard InChI is InChI=1S/C14H16N4O4S/c15-10(20)8-3-6-23-11(8)16-9(19)7-18-12(21)14(17-13(18)22)4-1-2-5-14/h3,6H,1-2,4-5,7H2,(H2,15,20)(H,16,19)(H,17,22). The van der Waals surface area contributed by atoms with E-state index >= 15 is 0 Å². The van der Waals surface area contributed by atoms with Crippen LogP contribution in [0.2, 0.25) is 0 Å². The quantitative estimate of drug-likeness (QED) is 0.699. The SMILES string of the molecule is NC(=O)c1ccsc1NC(=O)CN1C(=O)NC2(CCCC2)C1=O. The van der Waals surface area contributed by atoms with Crippen LogP contribution in [0.5, 0.6) is 0 Å². The van der Waals surface area contributed by atoms with Gasteiger partial charge in [-0.25, -0.2) is 4.79 Å². The molecule has 1 aliphatic heterocycles. The zero-order chi connectivity index (χ0) is 16.6. The summed E-state index contributed by atoms with van der Waals surface area (Å²) >= 11 is 1.15. The molecule has 23 heavy (non-hydrogen) atoms. The molecular formula is C14H16N4O4S. The lowest BCUT2D eigenvalue weighted by atomic mass is 9.98. The Hall–Kier alpha value is -2.42. The van der Waals surface area contributed by atoms with Crippen LogP contribution in [-0.4, -0.2) is 40.7 Å². The maximum absolute atomic E-state index is 12.4. The van der Waals surface area contributed by atoms with E-state index in [1.165, 1.54) is 6.07 Å². The molecule has 0 radical (unpaired) electrons. The normalized spacial score (nSPS) is 19.2. The second kappa shape index (κ2) is 5.65. The fourth-order valence-electron chi connectivity index (χ4n) is 3.05. The molecule has 3 rings (SSSR count). The van der Waals surface area contributed by atoms with Gasteiger partial charge in [-0.3, -0.25) is 19.3 Å². The summed E-state index contributed by atoms with van der Waals surface area (Å²) in [5.74, 6) is -1.55. The summed E-state index contributed by atoms with van der Waals surface area (Å²) in [5.41, 5.74) is 4.58. The lowest BCUT2D eigenvalue weighted by Crippen LogP contribution is -2.44. The van der Waals surface area contributed by atoms with Gasteiger partial charge in [0.25, 0.3) is 11.8 Å². The molecule has 4 N–H and O–H groups in total. The number of carbonyl (C=O) groups is 4. The van der Waals surface area contributed by atoms with E-state index in [4.69, 9.17) is 5.73 Å². The molecule has 1 aromatic rings. The Morgan fingerprint density at radius 2 is 2.04 bits per heavy atom. The van der Waals surface area contributed by atoms with Crippen molar-refractivity contribution in [3.8, 4) is 0 Å². The fourth-order valence-corrected chi connectivity index (χ4v) is 3.86. The highest BCUT2D eigenvalue weighted by molar-refractivity contribution is 7.14. The van der Waals surface area contributed by atoms with Gasteiger partial charge < -0.3 is 16.4 Å². The van der Waals surface area contributed by atoms with E-state index in [0.29, 0.717) is 17.8 Å². The van der Waals surface area contributed by atoms with Crippen LogP contribution in [0.1, 0.15) is 36.0 Å². The zero-order valence-corrected chi connectivity index (χ0v) is 13.1. The lowest BCUT2D eigenvalue weighted by Gasteiger charge is -2.19. The molecule has 0 unspecified atom stereocenters. The molecule has 1 saturated heterocycles. The summed E-state index contributed by atoms with van der Waals surface area (Å²) in [7, 11) is 0. The molecule has 122 valence electrons. The molecule has 1 saturated carbocycles. The third-order valence-corrected chi connectivity index (χ3v) is 5.02. The predicted octanol–water partition coefficient (Wildman–Crippen LogP) is 0.650. The van der Waals surface area contributed by atoms with Crippen LogP contribution < -0.4 is 16.4 Å². The molecule has 5 amide bonds. The Balaban J connectivity index is 1.68. The third kappa shape index (κ3) is 2.67. The molecule has 8 nitrogen and oxygen atoms in total. The monoisotopic (exact) mass is 336 g/mol. The van der Waals surface area contributed by atoms with Crippen LogP contribution in [0.4, 0.5) is 9.80 Å². The Bertz CT molecular complexity index is 693. The topological polar surface area (TPSA) is 122 Å². The Kier molecular flexibility index (Phi) is 3.80. The third-order valence-electron chi connectivity index (χ3n) is 4.19. The highest BCUT2D eigenvalue weighted by atomic mass is 32.1. The van der Waals surface area contributed by atoms with Gasteiger partial charge in [-0.15, -0.1) is 11.3 Å². The van der Waals surface area contributed by atoms with Crippen molar-refractivity contribution in [2.24, 2.45) is 5.73 Å². The van der Waals surface area contributed by atoms with E-state index in [1.807, 2.05) is 0 Å². The first kappa shape index (κ1) is 15.5. The molecule has 1 spiro atoms. The van der Waals surface area contributed by atoms with Crippen LogP contribution in [0, 0.1) is 0 Å². The number of thiophene rings is 1. The van der Waals surface area contributed by atoms with Gasteiger partial charge in [0.2, 0.25) is 5.91 Å². The number of nitrogens with zero attached hydrogens (tertiary/aromatic N) is 1. The highest BCUT2D eigenvalue weighted by Gasteiger charge is 2.52. The van der Waals surface area contributed by atoms with Crippen molar-refractivity contribution in [3.05, 3.63) is 17.0 Å². The number of imide groups is 1. The number of nitrogens with two attached hydrogens (primary N) is 1. The first-order chi connectivity index (χ1) is 10.9. The average molecular weight is 336 g/mol. The lowest BCUT2D eigenvalue weighted by molar-refractivity contribution is -0.133. The molecule has 2 fully saturated rings. The molecule has 1 aromatic heterocycles. The number of rotatable bonds is 4. The zero-order valence-electron chi connectivity index (χ0n) is 12.3. The summed E-state index contributed by atoms with van der Waals surface area (Å²) in [6, 6.07) is 0.956. The van der Waals surface area contributed by atoms with E-state index < -0.39 is 23.4 Å². The molecular weight excluding hydrogens is 320 g/mol. The number of hydrogen-bond donors (Lipinski definition) is 3. The summed E-state index contributed by atoms with van der Waals surface area (Å²) in [6.07, 6.45) is 2.96. The van der Waals surface area contributed by atoms with E-state index in [0.717, 1.165) is 29.1 Å². The van der Waals surface area contributed by atoms with Crippen LogP contribution >= 0.6 is 11.3 Å². The van der Waals surface area contributed by atoms with Gasteiger partial charge in [-0.2, -0.15) is 0 Å². The maximum atomic E-state index is 12.4. The van der Waals surface area contributed by atoms with Crippen LogP contribution in [0.25, 0.3) is 0 Å². The summed E-state index contributed by atoms with van der Waals surface area (Å²) in [4.78, 5) is 48.7. The van der Waals surface area contributed by atoms with Crippen LogP contribution in [0.3, 0.4) is 0 Å². The Morgan fingerprint density at radius 1 is 1.35 bits per heavy atom. The van der Waals surface area contributed by atoms with Gasteiger partial charge in [0.15, 0.2) is 0 Å². The minimum Gasteiger partial charge on any atom is -0.366 e. The minimum absolute atomic E-state index is 0.202. The number of amides is 5. The van der Waals surface area contributed by atoms with Crippen LogP contribution in [-0.2, 0) is 9.59 Å². The number of primary amides is 1. The van der Waals surface area contributed by atoms with Gasteiger partial charge in [-0.1, -0.05) is 12.8 Å². The smallest absolute Gasteiger partial charge is 0.325 e. The number of anilines is 1. The average Bonchev–Trinajstić information content (AvgIpc) is 3.17. The maximum Gasteiger partial charge on any atom is 0.325 e. The van der Waals surface area contributed by atoms with E-state index in [-0.39, 0.29) is 18.0 Å². The number of nitrogens with one attached hydrogen (secondary N) is 2. The van der Waals surface area contributed by atoms with Gasteiger partial charge in [0.1, 0.15) is 17.1 Å². The van der Waals surface area contributed by atoms with Crippen molar-refractivity contribution in [2.75, 3.05) is 11.9 Å². The number of hydrogen-bond acceptors (Lipinski definition) is 5. The van der Waals surface area contributed by atoms with Gasteiger partial charge >= 0.3 is 6.03 Å². The molecule has 0 atom stereocenters. The second-order valence-corrected chi connectivity index (χ2v) is 6.60. The summed E-state index contributed by atoms with van der Waals surface area (Å²) in [5, 5.41) is 7.16. The van der Waals surface area contributed by atoms with Crippen molar-refractivity contribution in [1.29, 1.82) is 0 Å². The Labute approximate surface area is 136 Å². The first-order valence-corrected chi connectivity index (χ1v) is 8.12. The van der Waals surface area contributed by atoms with Crippen molar-refractivity contribution in [2.45, 2.75) is 31.2 Å². The fraction of sp³-hybridized carbons (Fsp3) is 0.429.